The number of rotatable bonds is 3. The van der Waals surface area contributed by atoms with Crippen LogP contribution in [0, 0.1) is 0 Å². The minimum atomic E-state index is 0.777. The van der Waals surface area contributed by atoms with Crippen LogP contribution in [-0.2, 0) is 13.0 Å². The standard InChI is InChI=1S/C8H10N4S/c1-2-8-9-3-4-12(8)5-7-6-13-11-10-7/h3-4,6H,2,5H2,1H3. The number of imidazole rings is 1. The summed E-state index contributed by atoms with van der Waals surface area (Å²) in [6.07, 6.45) is 4.74. The van der Waals surface area contributed by atoms with Crippen molar-refractivity contribution in [3.8, 4) is 0 Å². The molecule has 13 heavy (non-hydrogen) atoms. The van der Waals surface area contributed by atoms with Crippen LogP contribution in [0.25, 0.3) is 0 Å². The Morgan fingerprint density at radius 2 is 2.46 bits per heavy atom. The van der Waals surface area contributed by atoms with Gasteiger partial charge in [0.25, 0.3) is 0 Å². The highest BCUT2D eigenvalue weighted by atomic mass is 32.1. The molecule has 68 valence electrons. The van der Waals surface area contributed by atoms with Crippen molar-refractivity contribution in [3.05, 3.63) is 29.3 Å². The fraction of sp³-hybridized carbons (Fsp3) is 0.375. The van der Waals surface area contributed by atoms with E-state index in [2.05, 4.69) is 26.1 Å². The van der Waals surface area contributed by atoms with Crippen molar-refractivity contribution in [2.45, 2.75) is 19.9 Å². The summed E-state index contributed by atoms with van der Waals surface area (Å²) >= 11 is 1.38. The van der Waals surface area contributed by atoms with Gasteiger partial charge in [0.15, 0.2) is 0 Å². The van der Waals surface area contributed by atoms with Gasteiger partial charge in [-0.1, -0.05) is 11.4 Å². The molecule has 0 bridgehead atoms. The first-order chi connectivity index (χ1) is 6.40. The van der Waals surface area contributed by atoms with Gasteiger partial charge < -0.3 is 4.57 Å². The smallest absolute Gasteiger partial charge is 0.108 e. The predicted molar refractivity (Wildman–Crippen MR) is 50.6 cm³/mol. The van der Waals surface area contributed by atoms with E-state index in [1.165, 1.54) is 11.5 Å². The summed E-state index contributed by atoms with van der Waals surface area (Å²) in [6, 6.07) is 0. The summed E-state index contributed by atoms with van der Waals surface area (Å²) in [5.74, 6) is 1.09. The van der Waals surface area contributed by atoms with Crippen LogP contribution in [0.1, 0.15) is 18.4 Å². The highest BCUT2D eigenvalue weighted by Gasteiger charge is 2.02. The Bertz CT molecular complexity index is 365. The van der Waals surface area contributed by atoms with E-state index in [1.54, 1.807) is 0 Å². The van der Waals surface area contributed by atoms with E-state index in [0.29, 0.717) is 0 Å². The van der Waals surface area contributed by atoms with Crippen LogP contribution in [0.5, 0.6) is 0 Å². The van der Waals surface area contributed by atoms with Crippen molar-refractivity contribution in [1.29, 1.82) is 0 Å². The number of nitrogens with zero attached hydrogens (tertiary/aromatic N) is 4. The van der Waals surface area contributed by atoms with Gasteiger partial charge in [-0.15, -0.1) is 5.10 Å². The summed E-state index contributed by atoms with van der Waals surface area (Å²) in [6.45, 7) is 2.87. The lowest BCUT2D eigenvalue weighted by atomic mass is 10.4. The highest BCUT2D eigenvalue weighted by Crippen LogP contribution is 2.04. The van der Waals surface area contributed by atoms with Crippen molar-refractivity contribution < 1.29 is 0 Å². The molecule has 4 nitrogen and oxygen atoms in total. The zero-order chi connectivity index (χ0) is 9.10. The van der Waals surface area contributed by atoms with Crippen LogP contribution >= 0.6 is 11.5 Å². The first-order valence-corrected chi connectivity index (χ1v) is 4.99. The minimum absolute atomic E-state index is 0.777. The largest absolute Gasteiger partial charge is 0.329 e. The average molecular weight is 194 g/mol. The van der Waals surface area contributed by atoms with Gasteiger partial charge in [0.05, 0.1) is 12.2 Å². The lowest BCUT2D eigenvalue weighted by molar-refractivity contribution is 0.714. The molecule has 2 heterocycles. The molecular weight excluding hydrogens is 184 g/mol. The van der Waals surface area contributed by atoms with Crippen molar-refractivity contribution in [2.75, 3.05) is 0 Å². The fourth-order valence-electron chi connectivity index (χ4n) is 1.23. The quantitative estimate of drug-likeness (QED) is 0.740. The third kappa shape index (κ3) is 1.75. The monoisotopic (exact) mass is 194 g/mol. The Morgan fingerprint density at radius 3 is 3.15 bits per heavy atom. The first kappa shape index (κ1) is 8.37. The maximum absolute atomic E-state index is 4.23. The maximum Gasteiger partial charge on any atom is 0.108 e. The molecule has 0 aromatic carbocycles. The molecule has 0 aliphatic rings. The van der Waals surface area contributed by atoms with Crippen LogP contribution < -0.4 is 0 Å². The molecule has 2 rings (SSSR count). The van der Waals surface area contributed by atoms with E-state index in [4.69, 9.17) is 0 Å². The van der Waals surface area contributed by atoms with Crippen LogP contribution in [-0.4, -0.2) is 19.1 Å². The van der Waals surface area contributed by atoms with Gasteiger partial charge in [-0.05, 0) is 11.5 Å². The predicted octanol–water partition coefficient (Wildman–Crippen LogP) is 1.35. The maximum atomic E-state index is 4.23. The molecule has 0 saturated carbocycles. The van der Waals surface area contributed by atoms with E-state index in [0.717, 1.165) is 24.5 Å². The van der Waals surface area contributed by atoms with Gasteiger partial charge in [0.2, 0.25) is 0 Å². The average Bonchev–Trinajstić information content (AvgIpc) is 2.76. The third-order valence-corrected chi connectivity index (χ3v) is 2.41. The first-order valence-electron chi connectivity index (χ1n) is 4.16. The molecule has 0 spiro atoms. The van der Waals surface area contributed by atoms with Crippen molar-refractivity contribution in [3.63, 3.8) is 0 Å². The lowest BCUT2D eigenvalue weighted by Crippen LogP contribution is -2.03. The number of aryl methyl sites for hydroxylation is 1. The second-order valence-corrected chi connectivity index (χ2v) is 3.33. The minimum Gasteiger partial charge on any atom is -0.329 e. The van der Waals surface area contributed by atoms with Crippen molar-refractivity contribution in [2.24, 2.45) is 0 Å². The van der Waals surface area contributed by atoms with Gasteiger partial charge in [-0.3, -0.25) is 0 Å². The molecule has 5 heteroatoms. The number of hydrogen-bond donors (Lipinski definition) is 0. The van der Waals surface area contributed by atoms with E-state index in [9.17, 15) is 0 Å². The Hall–Kier alpha value is -1.23. The summed E-state index contributed by atoms with van der Waals surface area (Å²) in [5, 5.41) is 5.94. The van der Waals surface area contributed by atoms with Gasteiger partial charge >= 0.3 is 0 Å². The molecule has 0 saturated heterocycles. The SMILES string of the molecule is CCc1nccn1Cc1csnn1. The highest BCUT2D eigenvalue weighted by molar-refractivity contribution is 7.03. The van der Waals surface area contributed by atoms with Crippen molar-refractivity contribution in [1.82, 2.24) is 19.1 Å². The molecular formula is C8H10N4S. The lowest BCUT2D eigenvalue weighted by Gasteiger charge is -2.02. The molecule has 2 aromatic rings. The second kappa shape index (κ2) is 3.66. The number of hydrogen-bond acceptors (Lipinski definition) is 4. The topological polar surface area (TPSA) is 43.6 Å². The molecule has 0 N–H and O–H groups in total. The van der Waals surface area contributed by atoms with Crippen molar-refractivity contribution >= 4 is 11.5 Å². The summed E-state index contributed by atoms with van der Waals surface area (Å²) in [4.78, 5) is 4.23. The third-order valence-electron chi connectivity index (χ3n) is 1.86. The Balaban J connectivity index is 2.18. The molecule has 0 fully saturated rings. The van der Waals surface area contributed by atoms with E-state index >= 15 is 0 Å². The van der Waals surface area contributed by atoms with Crippen LogP contribution in [0.3, 0.4) is 0 Å². The molecule has 0 amide bonds. The second-order valence-electron chi connectivity index (χ2n) is 2.72. The van der Waals surface area contributed by atoms with E-state index in [1.807, 2.05) is 17.8 Å². The Labute approximate surface area is 80.4 Å². The molecule has 0 aliphatic carbocycles. The van der Waals surface area contributed by atoms with Gasteiger partial charge in [0, 0.05) is 24.2 Å². The van der Waals surface area contributed by atoms with Gasteiger partial charge in [0.1, 0.15) is 5.82 Å². The van der Waals surface area contributed by atoms with Crippen LogP contribution in [0.15, 0.2) is 17.8 Å². The molecule has 0 radical (unpaired) electrons. The molecule has 0 unspecified atom stereocenters. The van der Waals surface area contributed by atoms with Crippen LogP contribution in [0.4, 0.5) is 0 Å². The van der Waals surface area contributed by atoms with Gasteiger partial charge in [-0.2, -0.15) is 0 Å². The zero-order valence-corrected chi connectivity index (χ0v) is 8.16. The van der Waals surface area contributed by atoms with Crippen LogP contribution in [0.2, 0.25) is 0 Å². The van der Waals surface area contributed by atoms with E-state index < -0.39 is 0 Å². The van der Waals surface area contributed by atoms with Gasteiger partial charge in [-0.25, -0.2) is 4.98 Å². The summed E-state index contributed by atoms with van der Waals surface area (Å²) in [5.41, 5.74) is 0.998. The zero-order valence-electron chi connectivity index (χ0n) is 7.34. The summed E-state index contributed by atoms with van der Waals surface area (Å²) < 4.78 is 5.91. The molecule has 2 aromatic heterocycles. The molecule has 0 atom stereocenters. The molecule has 0 aliphatic heterocycles. The fourth-order valence-corrected chi connectivity index (χ4v) is 1.67. The Morgan fingerprint density at radius 1 is 1.54 bits per heavy atom. The Kier molecular flexibility index (Phi) is 2.35. The number of aromatic nitrogens is 4. The normalized spacial score (nSPS) is 10.5. The summed E-state index contributed by atoms with van der Waals surface area (Å²) in [7, 11) is 0. The van der Waals surface area contributed by atoms with E-state index in [-0.39, 0.29) is 0 Å².